The highest BCUT2D eigenvalue weighted by Crippen LogP contribution is 2.36. The second kappa shape index (κ2) is 8.12. The fourth-order valence-electron chi connectivity index (χ4n) is 3.09. The SMILES string of the molecule is COc1ccc(C)cc1-n1c(SC(C)c2nnc(C)o2)nc2cc(Cl)ccc2c1=O. The van der Waals surface area contributed by atoms with Crippen LogP contribution < -0.4 is 10.3 Å². The van der Waals surface area contributed by atoms with Gasteiger partial charge in [-0.25, -0.2) is 4.98 Å². The molecule has 0 aliphatic heterocycles. The van der Waals surface area contributed by atoms with Crippen LogP contribution in [0.1, 0.15) is 29.5 Å². The Morgan fingerprint density at radius 1 is 1.17 bits per heavy atom. The summed E-state index contributed by atoms with van der Waals surface area (Å²) in [5.74, 6) is 1.51. The molecule has 154 valence electrons. The average molecular weight is 443 g/mol. The van der Waals surface area contributed by atoms with Crippen molar-refractivity contribution in [2.24, 2.45) is 0 Å². The third-order valence-corrected chi connectivity index (χ3v) is 5.82. The summed E-state index contributed by atoms with van der Waals surface area (Å²) in [6.07, 6.45) is 0. The summed E-state index contributed by atoms with van der Waals surface area (Å²) in [4.78, 5) is 18.3. The molecule has 1 atom stereocenters. The van der Waals surface area contributed by atoms with Crippen LogP contribution in [0.4, 0.5) is 0 Å². The first-order chi connectivity index (χ1) is 14.4. The van der Waals surface area contributed by atoms with Gasteiger partial charge in [0.15, 0.2) is 5.16 Å². The number of hydrogen-bond donors (Lipinski definition) is 0. The Balaban J connectivity index is 1.96. The molecule has 4 rings (SSSR count). The number of aryl methyl sites for hydroxylation is 2. The van der Waals surface area contributed by atoms with Gasteiger partial charge in [0.25, 0.3) is 5.56 Å². The van der Waals surface area contributed by atoms with Gasteiger partial charge in [0.1, 0.15) is 5.75 Å². The van der Waals surface area contributed by atoms with Crippen molar-refractivity contribution in [2.75, 3.05) is 7.11 Å². The molecule has 2 aromatic heterocycles. The zero-order valence-electron chi connectivity index (χ0n) is 16.8. The van der Waals surface area contributed by atoms with Crippen molar-refractivity contribution in [3.63, 3.8) is 0 Å². The van der Waals surface area contributed by atoms with Gasteiger partial charge in [-0.3, -0.25) is 9.36 Å². The summed E-state index contributed by atoms with van der Waals surface area (Å²) >= 11 is 7.49. The molecule has 0 saturated carbocycles. The molecule has 4 aromatic rings. The number of rotatable bonds is 5. The van der Waals surface area contributed by atoms with Crippen LogP contribution in [-0.2, 0) is 0 Å². The van der Waals surface area contributed by atoms with E-state index >= 15 is 0 Å². The minimum Gasteiger partial charge on any atom is -0.495 e. The van der Waals surface area contributed by atoms with E-state index in [0.717, 1.165) is 5.56 Å². The molecule has 0 spiro atoms. The molecule has 7 nitrogen and oxygen atoms in total. The van der Waals surface area contributed by atoms with Gasteiger partial charge in [-0.15, -0.1) is 10.2 Å². The molecule has 2 aromatic carbocycles. The number of benzene rings is 2. The van der Waals surface area contributed by atoms with E-state index in [2.05, 4.69) is 10.2 Å². The van der Waals surface area contributed by atoms with Crippen LogP contribution in [0, 0.1) is 13.8 Å². The number of methoxy groups -OCH3 is 1. The Hall–Kier alpha value is -2.84. The van der Waals surface area contributed by atoms with Crippen molar-refractivity contribution >= 4 is 34.3 Å². The molecular formula is C21H19ClN4O3S. The van der Waals surface area contributed by atoms with Gasteiger partial charge in [0.2, 0.25) is 11.8 Å². The van der Waals surface area contributed by atoms with Crippen LogP contribution in [0.15, 0.2) is 50.8 Å². The molecule has 9 heteroatoms. The second-order valence-corrected chi connectivity index (χ2v) is 8.54. The Bertz CT molecular complexity index is 1300. The zero-order valence-corrected chi connectivity index (χ0v) is 18.4. The largest absolute Gasteiger partial charge is 0.495 e. The molecule has 30 heavy (non-hydrogen) atoms. The van der Waals surface area contributed by atoms with Crippen molar-refractivity contribution in [1.82, 2.24) is 19.7 Å². The lowest BCUT2D eigenvalue weighted by atomic mass is 10.2. The number of aromatic nitrogens is 4. The van der Waals surface area contributed by atoms with E-state index in [1.807, 2.05) is 32.0 Å². The van der Waals surface area contributed by atoms with Gasteiger partial charge >= 0.3 is 0 Å². The summed E-state index contributed by atoms with van der Waals surface area (Å²) < 4.78 is 12.7. The summed E-state index contributed by atoms with van der Waals surface area (Å²) in [5, 5.41) is 9.21. The highest BCUT2D eigenvalue weighted by Gasteiger charge is 2.22. The minimum absolute atomic E-state index is 0.211. The predicted molar refractivity (Wildman–Crippen MR) is 117 cm³/mol. The first-order valence-electron chi connectivity index (χ1n) is 9.21. The van der Waals surface area contributed by atoms with Crippen molar-refractivity contribution < 1.29 is 9.15 Å². The van der Waals surface area contributed by atoms with Crippen molar-refractivity contribution in [1.29, 1.82) is 0 Å². The fourth-order valence-corrected chi connectivity index (χ4v) is 4.21. The lowest BCUT2D eigenvalue weighted by molar-refractivity contribution is 0.411. The maximum atomic E-state index is 13.5. The molecule has 0 radical (unpaired) electrons. The van der Waals surface area contributed by atoms with E-state index < -0.39 is 0 Å². The average Bonchev–Trinajstić information content (AvgIpc) is 3.14. The number of nitrogens with zero attached hydrogens (tertiary/aromatic N) is 4. The first-order valence-corrected chi connectivity index (χ1v) is 10.5. The molecule has 0 aliphatic carbocycles. The Morgan fingerprint density at radius 2 is 1.97 bits per heavy atom. The molecule has 1 unspecified atom stereocenters. The lowest BCUT2D eigenvalue weighted by Gasteiger charge is -2.17. The van der Waals surface area contributed by atoms with E-state index in [-0.39, 0.29) is 10.8 Å². The quantitative estimate of drug-likeness (QED) is 0.321. The Kier molecular flexibility index (Phi) is 5.53. The van der Waals surface area contributed by atoms with E-state index in [1.54, 1.807) is 36.8 Å². The van der Waals surface area contributed by atoms with Crippen LogP contribution in [-0.4, -0.2) is 26.9 Å². The number of halogens is 1. The number of ether oxygens (including phenoxy) is 1. The number of hydrogen-bond acceptors (Lipinski definition) is 7. The number of fused-ring (bicyclic) bond motifs is 1. The monoisotopic (exact) mass is 442 g/mol. The van der Waals surface area contributed by atoms with Crippen molar-refractivity contribution in [3.8, 4) is 11.4 Å². The molecular weight excluding hydrogens is 424 g/mol. The molecule has 0 saturated heterocycles. The summed E-state index contributed by atoms with van der Waals surface area (Å²) in [6.45, 7) is 5.61. The van der Waals surface area contributed by atoms with Crippen LogP contribution in [0.3, 0.4) is 0 Å². The van der Waals surface area contributed by atoms with Crippen molar-refractivity contribution in [2.45, 2.75) is 31.2 Å². The highest BCUT2D eigenvalue weighted by molar-refractivity contribution is 7.99. The lowest BCUT2D eigenvalue weighted by Crippen LogP contribution is -2.22. The smallest absolute Gasteiger partial charge is 0.266 e. The van der Waals surface area contributed by atoms with Gasteiger partial charge in [-0.1, -0.05) is 29.4 Å². The maximum Gasteiger partial charge on any atom is 0.266 e. The predicted octanol–water partition coefficient (Wildman–Crippen LogP) is 4.90. The van der Waals surface area contributed by atoms with Gasteiger partial charge in [0.05, 0.1) is 29.0 Å². The van der Waals surface area contributed by atoms with Crippen LogP contribution >= 0.6 is 23.4 Å². The van der Waals surface area contributed by atoms with E-state index in [0.29, 0.717) is 44.3 Å². The van der Waals surface area contributed by atoms with Gasteiger partial charge in [0, 0.05) is 11.9 Å². The van der Waals surface area contributed by atoms with Crippen LogP contribution in [0.25, 0.3) is 16.6 Å². The zero-order chi connectivity index (χ0) is 21.4. The molecule has 0 amide bonds. The van der Waals surface area contributed by atoms with E-state index in [4.69, 9.17) is 25.7 Å². The third kappa shape index (κ3) is 3.80. The first kappa shape index (κ1) is 20.4. The minimum atomic E-state index is -0.225. The Labute approximate surface area is 182 Å². The van der Waals surface area contributed by atoms with Crippen LogP contribution in [0.2, 0.25) is 5.02 Å². The molecule has 0 bridgehead atoms. The topological polar surface area (TPSA) is 83.0 Å². The summed E-state index contributed by atoms with van der Waals surface area (Å²) in [7, 11) is 1.57. The van der Waals surface area contributed by atoms with Gasteiger partial charge < -0.3 is 9.15 Å². The van der Waals surface area contributed by atoms with Crippen LogP contribution in [0.5, 0.6) is 5.75 Å². The molecule has 2 heterocycles. The highest BCUT2D eigenvalue weighted by atomic mass is 35.5. The number of thioether (sulfide) groups is 1. The van der Waals surface area contributed by atoms with E-state index in [1.165, 1.54) is 11.8 Å². The van der Waals surface area contributed by atoms with E-state index in [9.17, 15) is 4.79 Å². The normalized spacial score (nSPS) is 12.3. The molecule has 0 N–H and O–H groups in total. The molecule has 0 aliphatic rings. The maximum absolute atomic E-state index is 13.5. The second-order valence-electron chi connectivity index (χ2n) is 6.79. The van der Waals surface area contributed by atoms with Crippen molar-refractivity contribution in [3.05, 3.63) is 69.1 Å². The standard InChI is InChI=1S/C21H19ClN4O3S/c1-11-5-8-18(28-4)17(9-11)26-20(27)15-7-6-14(22)10-16(15)23-21(26)30-12(2)19-25-24-13(3)29-19/h5-10,12H,1-4H3. The summed E-state index contributed by atoms with van der Waals surface area (Å²) in [6, 6.07) is 10.7. The summed E-state index contributed by atoms with van der Waals surface area (Å²) in [5.41, 5.74) is 1.91. The fraction of sp³-hybridized carbons (Fsp3) is 0.238. The Morgan fingerprint density at radius 3 is 2.67 bits per heavy atom. The van der Waals surface area contributed by atoms with Gasteiger partial charge in [-0.2, -0.15) is 0 Å². The molecule has 0 fully saturated rings. The van der Waals surface area contributed by atoms with Gasteiger partial charge in [-0.05, 0) is 49.7 Å². The third-order valence-electron chi connectivity index (χ3n) is 4.55.